The monoisotopic (exact) mass is 296 g/mol. The lowest BCUT2D eigenvalue weighted by atomic mass is 10.0. The van der Waals surface area contributed by atoms with Crippen LogP contribution in [0.1, 0.15) is 41.4 Å². The predicted molar refractivity (Wildman–Crippen MR) is 82.7 cm³/mol. The molecule has 1 amide bonds. The third-order valence-corrected chi connectivity index (χ3v) is 3.68. The van der Waals surface area contributed by atoms with E-state index in [-0.39, 0.29) is 17.8 Å². The largest absolute Gasteiger partial charge is 0.332 e. The number of nitriles is 1. The molecule has 1 unspecified atom stereocenters. The van der Waals surface area contributed by atoms with Gasteiger partial charge in [0.05, 0.1) is 17.7 Å². The van der Waals surface area contributed by atoms with Gasteiger partial charge in [-0.2, -0.15) is 5.26 Å². The van der Waals surface area contributed by atoms with Gasteiger partial charge in [0.25, 0.3) is 5.91 Å². The Balaban J connectivity index is 2.24. The number of rotatable bonds is 4. The Morgan fingerprint density at radius 3 is 2.27 bits per heavy atom. The van der Waals surface area contributed by atoms with Crippen molar-refractivity contribution in [3.8, 4) is 6.07 Å². The van der Waals surface area contributed by atoms with Crippen LogP contribution in [0.2, 0.25) is 0 Å². The van der Waals surface area contributed by atoms with Crippen molar-refractivity contribution in [2.75, 3.05) is 6.54 Å². The first kappa shape index (κ1) is 15.7. The number of benzene rings is 2. The first-order chi connectivity index (χ1) is 10.6. The van der Waals surface area contributed by atoms with E-state index in [9.17, 15) is 9.18 Å². The third-order valence-electron chi connectivity index (χ3n) is 3.68. The molecule has 0 aromatic heterocycles. The zero-order valence-electron chi connectivity index (χ0n) is 12.6. The number of carbonyl (C=O) groups excluding carboxylic acids is 1. The summed E-state index contributed by atoms with van der Waals surface area (Å²) in [5.74, 6) is -0.501. The fourth-order valence-electron chi connectivity index (χ4n) is 2.37. The van der Waals surface area contributed by atoms with Crippen LogP contribution in [0.3, 0.4) is 0 Å². The summed E-state index contributed by atoms with van der Waals surface area (Å²) in [5, 5.41) is 8.84. The van der Waals surface area contributed by atoms with Gasteiger partial charge in [0.15, 0.2) is 0 Å². The van der Waals surface area contributed by atoms with Crippen LogP contribution in [0.15, 0.2) is 48.5 Å². The maximum absolute atomic E-state index is 13.0. The Morgan fingerprint density at radius 1 is 1.18 bits per heavy atom. The van der Waals surface area contributed by atoms with Gasteiger partial charge in [-0.1, -0.05) is 12.1 Å². The van der Waals surface area contributed by atoms with Crippen LogP contribution in [0, 0.1) is 17.1 Å². The van der Waals surface area contributed by atoms with Gasteiger partial charge >= 0.3 is 0 Å². The van der Waals surface area contributed by atoms with Gasteiger partial charge in [-0.15, -0.1) is 0 Å². The van der Waals surface area contributed by atoms with Crippen LogP contribution in [-0.4, -0.2) is 17.4 Å². The predicted octanol–water partition coefficient (Wildman–Crippen LogP) is 3.92. The summed E-state index contributed by atoms with van der Waals surface area (Å²) >= 11 is 0. The van der Waals surface area contributed by atoms with E-state index >= 15 is 0 Å². The molecule has 0 bridgehead atoms. The normalized spacial score (nSPS) is 11.5. The second kappa shape index (κ2) is 6.86. The average molecular weight is 296 g/mol. The molecule has 1 atom stereocenters. The quantitative estimate of drug-likeness (QED) is 0.858. The first-order valence-corrected chi connectivity index (χ1v) is 7.13. The number of halogens is 1. The number of amides is 1. The van der Waals surface area contributed by atoms with Crippen LogP contribution in [0.25, 0.3) is 0 Å². The summed E-state index contributed by atoms with van der Waals surface area (Å²) in [4.78, 5) is 14.3. The minimum absolute atomic E-state index is 0.129. The van der Waals surface area contributed by atoms with Crippen molar-refractivity contribution >= 4 is 5.91 Å². The third kappa shape index (κ3) is 3.32. The van der Waals surface area contributed by atoms with E-state index in [2.05, 4.69) is 6.07 Å². The molecule has 0 aliphatic carbocycles. The standard InChI is InChI=1S/C18H17FN2O/c1-3-21(18(22)16-8-10-17(19)11-9-16)13(2)15-6-4-14(12-20)5-7-15/h4-11,13H,3H2,1-2H3. The van der Waals surface area contributed by atoms with E-state index < -0.39 is 0 Å². The lowest BCUT2D eigenvalue weighted by Gasteiger charge is -2.28. The van der Waals surface area contributed by atoms with Crippen LogP contribution in [-0.2, 0) is 0 Å². The molecule has 3 nitrogen and oxygen atoms in total. The van der Waals surface area contributed by atoms with Crippen LogP contribution in [0.5, 0.6) is 0 Å². The Morgan fingerprint density at radius 2 is 1.77 bits per heavy atom. The van der Waals surface area contributed by atoms with Crippen molar-refractivity contribution in [3.63, 3.8) is 0 Å². The molecule has 4 heteroatoms. The van der Waals surface area contributed by atoms with Gasteiger partial charge in [-0.3, -0.25) is 4.79 Å². The van der Waals surface area contributed by atoms with Gasteiger partial charge in [0, 0.05) is 12.1 Å². The summed E-state index contributed by atoms with van der Waals surface area (Å²) in [6.45, 7) is 4.38. The fraction of sp³-hybridized carbons (Fsp3) is 0.222. The zero-order chi connectivity index (χ0) is 16.1. The lowest BCUT2D eigenvalue weighted by Crippen LogP contribution is -2.33. The summed E-state index contributed by atoms with van der Waals surface area (Å²) in [6.07, 6.45) is 0. The average Bonchev–Trinajstić information content (AvgIpc) is 2.56. The highest BCUT2D eigenvalue weighted by atomic mass is 19.1. The highest BCUT2D eigenvalue weighted by molar-refractivity contribution is 5.94. The molecule has 0 aliphatic rings. The Hall–Kier alpha value is -2.67. The molecule has 0 fully saturated rings. The van der Waals surface area contributed by atoms with Gasteiger partial charge in [0.1, 0.15) is 5.82 Å². The van der Waals surface area contributed by atoms with E-state index in [1.54, 1.807) is 17.0 Å². The fourth-order valence-corrected chi connectivity index (χ4v) is 2.37. The molecular weight excluding hydrogens is 279 g/mol. The first-order valence-electron chi connectivity index (χ1n) is 7.13. The van der Waals surface area contributed by atoms with Gasteiger partial charge in [0.2, 0.25) is 0 Å². The molecule has 0 radical (unpaired) electrons. The highest BCUT2D eigenvalue weighted by Crippen LogP contribution is 2.22. The molecule has 2 rings (SSSR count). The van der Waals surface area contributed by atoms with Gasteiger partial charge in [-0.25, -0.2) is 4.39 Å². The number of hydrogen-bond donors (Lipinski definition) is 0. The minimum atomic E-state index is -0.361. The minimum Gasteiger partial charge on any atom is -0.332 e. The zero-order valence-corrected chi connectivity index (χ0v) is 12.6. The number of nitrogens with zero attached hydrogens (tertiary/aromatic N) is 2. The van der Waals surface area contributed by atoms with E-state index in [0.29, 0.717) is 17.7 Å². The van der Waals surface area contributed by atoms with Crippen molar-refractivity contribution in [1.82, 2.24) is 4.90 Å². The molecule has 112 valence electrons. The molecule has 0 saturated carbocycles. The van der Waals surface area contributed by atoms with Crippen molar-refractivity contribution in [2.24, 2.45) is 0 Å². The molecule has 0 heterocycles. The second-order valence-corrected chi connectivity index (χ2v) is 5.01. The maximum atomic E-state index is 13.0. The van der Waals surface area contributed by atoms with Gasteiger partial charge < -0.3 is 4.90 Å². The van der Waals surface area contributed by atoms with Crippen molar-refractivity contribution < 1.29 is 9.18 Å². The topological polar surface area (TPSA) is 44.1 Å². The summed E-state index contributed by atoms with van der Waals surface area (Å²) < 4.78 is 13.0. The Bertz CT molecular complexity index is 687. The van der Waals surface area contributed by atoms with E-state index in [4.69, 9.17) is 5.26 Å². The molecule has 0 saturated heterocycles. The molecule has 0 spiro atoms. The molecule has 2 aromatic carbocycles. The summed E-state index contributed by atoms with van der Waals surface area (Å²) in [6, 6.07) is 14.7. The second-order valence-electron chi connectivity index (χ2n) is 5.01. The van der Waals surface area contributed by atoms with Crippen LogP contribution >= 0.6 is 0 Å². The molecule has 0 aliphatic heterocycles. The number of hydrogen-bond acceptors (Lipinski definition) is 2. The smallest absolute Gasteiger partial charge is 0.254 e. The van der Waals surface area contributed by atoms with Crippen molar-refractivity contribution in [2.45, 2.75) is 19.9 Å². The maximum Gasteiger partial charge on any atom is 0.254 e. The van der Waals surface area contributed by atoms with E-state index in [1.165, 1.54) is 24.3 Å². The van der Waals surface area contributed by atoms with E-state index in [0.717, 1.165) is 5.56 Å². The molecule has 22 heavy (non-hydrogen) atoms. The van der Waals surface area contributed by atoms with Crippen molar-refractivity contribution in [3.05, 3.63) is 71.0 Å². The molecule has 2 aromatic rings. The summed E-state index contributed by atoms with van der Waals surface area (Å²) in [7, 11) is 0. The molecular formula is C18H17FN2O. The Labute approximate surface area is 129 Å². The molecule has 0 N–H and O–H groups in total. The van der Waals surface area contributed by atoms with Crippen LogP contribution < -0.4 is 0 Å². The van der Waals surface area contributed by atoms with Crippen LogP contribution in [0.4, 0.5) is 4.39 Å². The SMILES string of the molecule is CCN(C(=O)c1ccc(F)cc1)C(C)c1ccc(C#N)cc1. The van der Waals surface area contributed by atoms with E-state index in [1.807, 2.05) is 26.0 Å². The highest BCUT2D eigenvalue weighted by Gasteiger charge is 2.21. The Kier molecular flexibility index (Phi) is 4.90. The van der Waals surface area contributed by atoms with Gasteiger partial charge in [-0.05, 0) is 55.8 Å². The van der Waals surface area contributed by atoms with Crippen molar-refractivity contribution in [1.29, 1.82) is 5.26 Å². The number of carbonyl (C=O) groups is 1. The summed E-state index contributed by atoms with van der Waals surface area (Å²) in [5.41, 5.74) is 2.00. The lowest BCUT2D eigenvalue weighted by molar-refractivity contribution is 0.0702.